The molecule has 0 radical (unpaired) electrons. The highest BCUT2D eigenvalue weighted by Gasteiger charge is 2.13. The van der Waals surface area contributed by atoms with E-state index in [9.17, 15) is 4.39 Å². The first-order valence-electron chi connectivity index (χ1n) is 7.39. The molecule has 0 spiro atoms. The summed E-state index contributed by atoms with van der Waals surface area (Å²) in [5, 5.41) is 3.48. The summed E-state index contributed by atoms with van der Waals surface area (Å²) in [6.07, 6.45) is 3.62. The molecule has 1 aliphatic rings. The lowest BCUT2D eigenvalue weighted by molar-refractivity contribution is 0.385. The van der Waals surface area contributed by atoms with Crippen molar-refractivity contribution >= 4 is 5.69 Å². The molecule has 0 saturated heterocycles. The van der Waals surface area contributed by atoms with E-state index in [1.165, 1.54) is 43.6 Å². The highest BCUT2D eigenvalue weighted by molar-refractivity contribution is 5.51. The lowest BCUT2D eigenvalue weighted by Gasteiger charge is -2.17. The fourth-order valence-electron chi connectivity index (χ4n) is 2.94. The van der Waals surface area contributed by atoms with Gasteiger partial charge in [0.2, 0.25) is 0 Å². The SMILES string of the molecule is COc1cc(C(C)Nc2ccc3c(c2)CCC3)ccc1F. The van der Waals surface area contributed by atoms with Crippen LogP contribution in [-0.4, -0.2) is 7.11 Å². The van der Waals surface area contributed by atoms with Gasteiger partial charge in [0, 0.05) is 11.7 Å². The molecule has 2 aromatic rings. The van der Waals surface area contributed by atoms with E-state index in [2.05, 4.69) is 30.4 Å². The van der Waals surface area contributed by atoms with Gasteiger partial charge in [-0.1, -0.05) is 12.1 Å². The molecule has 0 aliphatic heterocycles. The van der Waals surface area contributed by atoms with E-state index in [0.717, 1.165) is 11.3 Å². The average Bonchev–Trinajstić information content (AvgIpc) is 2.95. The summed E-state index contributed by atoms with van der Waals surface area (Å²) >= 11 is 0. The zero-order valence-corrected chi connectivity index (χ0v) is 12.4. The fraction of sp³-hybridized carbons (Fsp3) is 0.333. The Labute approximate surface area is 125 Å². The van der Waals surface area contributed by atoms with Crippen molar-refractivity contribution in [2.24, 2.45) is 0 Å². The average molecular weight is 285 g/mol. The second kappa shape index (κ2) is 5.76. The lowest BCUT2D eigenvalue weighted by atomic mass is 10.1. The Morgan fingerprint density at radius 1 is 1.10 bits per heavy atom. The van der Waals surface area contributed by atoms with Crippen molar-refractivity contribution in [2.45, 2.75) is 32.2 Å². The third-order valence-electron chi connectivity index (χ3n) is 4.16. The van der Waals surface area contributed by atoms with Gasteiger partial charge in [-0.25, -0.2) is 4.39 Å². The normalized spacial score (nSPS) is 14.6. The third kappa shape index (κ3) is 2.87. The first-order valence-corrected chi connectivity index (χ1v) is 7.39. The maximum absolute atomic E-state index is 13.5. The van der Waals surface area contributed by atoms with Gasteiger partial charge < -0.3 is 10.1 Å². The van der Waals surface area contributed by atoms with Gasteiger partial charge in [0.05, 0.1) is 7.11 Å². The zero-order valence-electron chi connectivity index (χ0n) is 12.4. The molecule has 0 bridgehead atoms. The van der Waals surface area contributed by atoms with Crippen LogP contribution in [0.4, 0.5) is 10.1 Å². The smallest absolute Gasteiger partial charge is 0.165 e. The Kier molecular flexibility index (Phi) is 3.82. The molecule has 21 heavy (non-hydrogen) atoms. The van der Waals surface area contributed by atoms with Gasteiger partial charge in [-0.3, -0.25) is 0 Å². The molecule has 2 nitrogen and oxygen atoms in total. The number of hydrogen-bond acceptors (Lipinski definition) is 2. The minimum absolute atomic E-state index is 0.0963. The van der Waals surface area contributed by atoms with E-state index in [1.54, 1.807) is 12.1 Å². The first-order chi connectivity index (χ1) is 10.2. The van der Waals surface area contributed by atoms with E-state index in [4.69, 9.17) is 4.74 Å². The van der Waals surface area contributed by atoms with Crippen LogP contribution < -0.4 is 10.1 Å². The van der Waals surface area contributed by atoms with Crippen molar-refractivity contribution in [3.05, 3.63) is 58.9 Å². The minimum Gasteiger partial charge on any atom is -0.494 e. The molecule has 1 N–H and O–H groups in total. The molecule has 0 heterocycles. The van der Waals surface area contributed by atoms with Crippen LogP contribution in [-0.2, 0) is 12.8 Å². The second-order valence-corrected chi connectivity index (χ2v) is 5.60. The Hall–Kier alpha value is -2.03. The predicted octanol–water partition coefficient (Wildman–Crippen LogP) is 4.50. The summed E-state index contributed by atoms with van der Waals surface area (Å²) in [4.78, 5) is 0. The zero-order chi connectivity index (χ0) is 14.8. The number of nitrogens with one attached hydrogen (secondary N) is 1. The van der Waals surface area contributed by atoms with Crippen molar-refractivity contribution < 1.29 is 9.13 Å². The molecule has 0 saturated carbocycles. The molecular formula is C18H20FNO. The number of rotatable bonds is 4. The Morgan fingerprint density at radius 2 is 1.90 bits per heavy atom. The quantitative estimate of drug-likeness (QED) is 0.893. The van der Waals surface area contributed by atoms with Crippen molar-refractivity contribution in [2.75, 3.05) is 12.4 Å². The van der Waals surface area contributed by atoms with Gasteiger partial charge in [-0.2, -0.15) is 0 Å². The van der Waals surface area contributed by atoms with Crippen LogP contribution in [0.2, 0.25) is 0 Å². The third-order valence-corrected chi connectivity index (χ3v) is 4.16. The van der Waals surface area contributed by atoms with Crippen molar-refractivity contribution in [3.63, 3.8) is 0 Å². The topological polar surface area (TPSA) is 21.3 Å². The molecule has 0 aromatic heterocycles. The second-order valence-electron chi connectivity index (χ2n) is 5.60. The van der Waals surface area contributed by atoms with Crippen molar-refractivity contribution in [3.8, 4) is 5.75 Å². The van der Waals surface area contributed by atoms with Gasteiger partial charge in [-0.15, -0.1) is 0 Å². The molecule has 0 fully saturated rings. The summed E-state index contributed by atoms with van der Waals surface area (Å²) in [6, 6.07) is 11.7. The van der Waals surface area contributed by atoms with E-state index < -0.39 is 0 Å². The van der Waals surface area contributed by atoms with Gasteiger partial charge in [0.25, 0.3) is 0 Å². The summed E-state index contributed by atoms with van der Waals surface area (Å²) in [5.74, 6) is -0.0407. The summed E-state index contributed by atoms with van der Waals surface area (Å²) < 4.78 is 18.5. The van der Waals surface area contributed by atoms with E-state index in [0.29, 0.717) is 0 Å². The van der Waals surface area contributed by atoms with Crippen molar-refractivity contribution in [1.29, 1.82) is 0 Å². The van der Waals surface area contributed by atoms with Crippen LogP contribution in [0.3, 0.4) is 0 Å². The largest absolute Gasteiger partial charge is 0.494 e. The number of methoxy groups -OCH3 is 1. The number of fused-ring (bicyclic) bond motifs is 1. The molecule has 110 valence electrons. The summed E-state index contributed by atoms with van der Waals surface area (Å²) in [5.41, 5.74) is 5.04. The van der Waals surface area contributed by atoms with E-state index >= 15 is 0 Å². The predicted molar refractivity (Wildman–Crippen MR) is 83.5 cm³/mol. The summed E-state index contributed by atoms with van der Waals surface area (Å²) in [6.45, 7) is 2.07. The fourth-order valence-corrected chi connectivity index (χ4v) is 2.94. The van der Waals surface area contributed by atoms with E-state index in [1.807, 2.05) is 0 Å². The van der Waals surface area contributed by atoms with E-state index in [-0.39, 0.29) is 17.6 Å². The van der Waals surface area contributed by atoms with Gasteiger partial charge in [-0.05, 0) is 67.1 Å². The number of benzene rings is 2. The lowest BCUT2D eigenvalue weighted by Crippen LogP contribution is -2.07. The minimum atomic E-state index is -0.328. The molecule has 1 atom stereocenters. The highest BCUT2D eigenvalue weighted by atomic mass is 19.1. The molecule has 1 aliphatic carbocycles. The molecule has 3 rings (SSSR count). The monoisotopic (exact) mass is 285 g/mol. The number of hydrogen-bond donors (Lipinski definition) is 1. The van der Waals surface area contributed by atoms with Gasteiger partial charge in [0.1, 0.15) is 0 Å². The summed E-state index contributed by atoms with van der Waals surface area (Å²) in [7, 11) is 1.49. The molecular weight excluding hydrogens is 265 g/mol. The Bertz CT molecular complexity index is 654. The Morgan fingerprint density at radius 3 is 2.71 bits per heavy atom. The molecule has 0 amide bonds. The molecule has 3 heteroatoms. The van der Waals surface area contributed by atoms with Crippen LogP contribution in [0.5, 0.6) is 5.75 Å². The first kappa shape index (κ1) is 13.9. The van der Waals surface area contributed by atoms with Crippen LogP contribution in [0.15, 0.2) is 36.4 Å². The van der Waals surface area contributed by atoms with Crippen LogP contribution in [0, 0.1) is 5.82 Å². The maximum atomic E-state index is 13.5. The van der Waals surface area contributed by atoms with Gasteiger partial charge >= 0.3 is 0 Å². The van der Waals surface area contributed by atoms with Crippen LogP contribution in [0.25, 0.3) is 0 Å². The maximum Gasteiger partial charge on any atom is 0.165 e. The standard InChI is InChI=1S/C18H20FNO/c1-12(14-7-9-17(19)18(11-14)21-2)20-16-8-6-13-4-3-5-15(13)10-16/h6-12,20H,3-5H2,1-2H3. The highest BCUT2D eigenvalue weighted by Crippen LogP contribution is 2.28. The number of anilines is 1. The number of aryl methyl sites for hydroxylation is 2. The van der Waals surface area contributed by atoms with Crippen LogP contribution in [0.1, 0.15) is 36.1 Å². The van der Waals surface area contributed by atoms with Crippen LogP contribution >= 0.6 is 0 Å². The number of halogens is 1. The van der Waals surface area contributed by atoms with Gasteiger partial charge in [0.15, 0.2) is 11.6 Å². The van der Waals surface area contributed by atoms with Crippen molar-refractivity contribution in [1.82, 2.24) is 0 Å². The molecule has 1 unspecified atom stereocenters. The number of ether oxygens (including phenoxy) is 1. The molecule has 2 aromatic carbocycles. The Balaban J connectivity index is 1.78.